The van der Waals surface area contributed by atoms with E-state index in [1.807, 2.05) is 65.2 Å². The Bertz CT molecular complexity index is 621. The lowest BCUT2D eigenvalue weighted by Crippen LogP contribution is -3.00. The number of hydrogen-bond donors (Lipinski definition) is 0. The molecule has 5 heteroatoms. The van der Waals surface area contributed by atoms with E-state index in [9.17, 15) is 4.79 Å². The maximum Gasteiger partial charge on any atom is 0.316 e. The number of aryl methyl sites for hydroxylation is 1. The summed E-state index contributed by atoms with van der Waals surface area (Å²) in [5, 5.41) is 0. The van der Waals surface area contributed by atoms with Crippen LogP contribution in [0.3, 0.4) is 0 Å². The molecule has 0 saturated heterocycles. The summed E-state index contributed by atoms with van der Waals surface area (Å²) in [5.41, 5.74) is 1.08. The first-order chi connectivity index (χ1) is 10.7. The molecular weight excluding hydrogens is 312 g/mol. The fraction of sp³-hybridized carbons (Fsp3) is 0.444. The molecule has 1 saturated carbocycles. The van der Waals surface area contributed by atoms with Crippen molar-refractivity contribution in [2.24, 2.45) is 13.0 Å². The van der Waals surface area contributed by atoms with E-state index in [4.69, 9.17) is 4.74 Å². The molecule has 4 nitrogen and oxygen atoms in total. The highest BCUT2D eigenvalue weighted by atomic mass is 35.5. The van der Waals surface area contributed by atoms with Gasteiger partial charge in [-0.2, -0.15) is 0 Å². The van der Waals surface area contributed by atoms with Crippen LogP contribution in [0, 0.1) is 5.92 Å². The molecule has 1 aromatic heterocycles. The summed E-state index contributed by atoms with van der Waals surface area (Å²) in [6, 6.07) is 10.1. The number of benzene rings is 1. The normalized spacial score (nSPS) is 15.9. The lowest BCUT2D eigenvalue weighted by Gasteiger charge is -2.21. The first-order valence-electron chi connectivity index (χ1n) is 7.96. The minimum atomic E-state index is -0.131. The molecule has 0 bridgehead atoms. The van der Waals surface area contributed by atoms with Gasteiger partial charge in [-0.1, -0.05) is 43.2 Å². The highest BCUT2D eigenvalue weighted by molar-refractivity contribution is 5.78. The maximum absolute atomic E-state index is 12.7. The van der Waals surface area contributed by atoms with Crippen LogP contribution in [0.4, 0.5) is 0 Å². The number of carbonyl (C=O) groups is 1. The van der Waals surface area contributed by atoms with E-state index in [2.05, 4.69) is 0 Å². The zero-order valence-electron chi connectivity index (χ0n) is 13.4. The average molecular weight is 335 g/mol. The van der Waals surface area contributed by atoms with Crippen molar-refractivity contribution in [2.75, 3.05) is 0 Å². The standard InChI is InChI=1S/C18H23N2O2.ClH/c1-19-11-12-20(13-19)14-22-18(21)17(16-9-5-6-10-16)15-7-3-2-4-8-15;/h2-4,7-8,11-13,16-17H,5-6,9-10,14H2,1H3;1H/q+1;/p-1. The number of aromatic nitrogens is 2. The van der Waals surface area contributed by atoms with E-state index >= 15 is 0 Å². The van der Waals surface area contributed by atoms with Crippen molar-refractivity contribution in [1.29, 1.82) is 0 Å². The van der Waals surface area contributed by atoms with Crippen LogP contribution in [0.1, 0.15) is 37.2 Å². The van der Waals surface area contributed by atoms with Gasteiger partial charge in [-0.15, -0.1) is 0 Å². The van der Waals surface area contributed by atoms with Crippen LogP contribution in [0.2, 0.25) is 0 Å². The largest absolute Gasteiger partial charge is 1.00 e. The predicted octanol–water partition coefficient (Wildman–Crippen LogP) is -0.209. The van der Waals surface area contributed by atoms with Crippen LogP contribution < -0.4 is 17.0 Å². The Morgan fingerprint density at radius 2 is 2.00 bits per heavy atom. The second-order valence-electron chi connectivity index (χ2n) is 6.12. The van der Waals surface area contributed by atoms with Crippen molar-refractivity contribution < 1.29 is 26.5 Å². The Labute approximate surface area is 143 Å². The zero-order chi connectivity index (χ0) is 15.4. The molecule has 2 aromatic rings. The van der Waals surface area contributed by atoms with Gasteiger partial charge in [0.2, 0.25) is 13.1 Å². The number of ether oxygens (including phenoxy) is 1. The molecule has 124 valence electrons. The fourth-order valence-electron chi connectivity index (χ4n) is 3.36. The first-order valence-corrected chi connectivity index (χ1v) is 7.96. The Kier molecular flexibility index (Phi) is 6.22. The highest BCUT2D eigenvalue weighted by Crippen LogP contribution is 2.38. The van der Waals surface area contributed by atoms with Gasteiger partial charge in [-0.05, 0) is 24.3 Å². The molecule has 0 N–H and O–H groups in total. The number of imidazole rings is 1. The number of hydrogen-bond acceptors (Lipinski definition) is 2. The van der Waals surface area contributed by atoms with Gasteiger partial charge in [0.15, 0.2) is 0 Å². The number of carbonyl (C=O) groups excluding carboxylic acids is 1. The van der Waals surface area contributed by atoms with Crippen LogP contribution in [-0.2, 0) is 23.3 Å². The Balaban J connectivity index is 0.00000192. The van der Waals surface area contributed by atoms with Gasteiger partial charge < -0.3 is 17.1 Å². The summed E-state index contributed by atoms with van der Waals surface area (Å²) in [6.45, 7) is 0.274. The minimum Gasteiger partial charge on any atom is -1.00 e. The van der Waals surface area contributed by atoms with Crippen molar-refractivity contribution >= 4 is 5.97 Å². The second kappa shape index (κ2) is 8.16. The Morgan fingerprint density at radius 3 is 2.61 bits per heavy atom. The Morgan fingerprint density at radius 1 is 1.30 bits per heavy atom. The molecule has 1 atom stereocenters. The number of halogens is 1. The molecule has 3 rings (SSSR count). The summed E-state index contributed by atoms with van der Waals surface area (Å²) in [4.78, 5) is 12.7. The zero-order valence-corrected chi connectivity index (χ0v) is 14.2. The van der Waals surface area contributed by atoms with Crippen LogP contribution in [0.25, 0.3) is 0 Å². The molecule has 0 radical (unpaired) electrons. The second-order valence-corrected chi connectivity index (χ2v) is 6.12. The van der Waals surface area contributed by atoms with E-state index in [0.29, 0.717) is 5.92 Å². The molecule has 1 fully saturated rings. The molecule has 1 heterocycles. The summed E-state index contributed by atoms with van der Waals surface area (Å²) >= 11 is 0. The van der Waals surface area contributed by atoms with E-state index < -0.39 is 0 Å². The van der Waals surface area contributed by atoms with Gasteiger partial charge in [0.1, 0.15) is 12.4 Å². The molecule has 0 aliphatic heterocycles. The van der Waals surface area contributed by atoms with Crippen molar-refractivity contribution in [1.82, 2.24) is 4.57 Å². The SMILES string of the molecule is C[n+]1ccn(COC(=O)C(c2ccccc2)C2CCCC2)c1.[Cl-]. The lowest BCUT2D eigenvalue weighted by atomic mass is 9.85. The van der Waals surface area contributed by atoms with E-state index in [-0.39, 0.29) is 31.0 Å². The quantitative estimate of drug-likeness (QED) is 0.560. The summed E-state index contributed by atoms with van der Waals surface area (Å²) in [5.74, 6) is 0.179. The van der Waals surface area contributed by atoms with Gasteiger partial charge in [-0.3, -0.25) is 4.79 Å². The van der Waals surface area contributed by atoms with Gasteiger partial charge in [0.25, 0.3) is 0 Å². The summed E-state index contributed by atoms with van der Waals surface area (Å²) in [7, 11) is 1.95. The third-order valence-corrected chi connectivity index (χ3v) is 4.46. The minimum absolute atomic E-state index is 0. The average Bonchev–Trinajstić information content (AvgIpc) is 3.18. The predicted molar refractivity (Wildman–Crippen MR) is 82.8 cm³/mol. The van der Waals surface area contributed by atoms with Crippen molar-refractivity contribution in [2.45, 2.75) is 38.3 Å². The molecule has 0 amide bonds. The van der Waals surface area contributed by atoms with E-state index in [0.717, 1.165) is 18.4 Å². The summed E-state index contributed by atoms with van der Waals surface area (Å²) in [6.07, 6.45) is 10.4. The molecular formula is C18H23ClN2O2. The third kappa shape index (κ3) is 4.35. The number of nitrogens with zero attached hydrogens (tertiary/aromatic N) is 2. The van der Waals surface area contributed by atoms with Crippen molar-refractivity contribution in [3.05, 3.63) is 54.6 Å². The molecule has 23 heavy (non-hydrogen) atoms. The van der Waals surface area contributed by atoms with Crippen molar-refractivity contribution in [3.63, 3.8) is 0 Å². The van der Waals surface area contributed by atoms with Gasteiger partial charge in [0.05, 0.1) is 13.0 Å². The van der Waals surface area contributed by atoms with Gasteiger partial charge in [0, 0.05) is 0 Å². The molecule has 1 aliphatic carbocycles. The molecule has 1 aliphatic rings. The molecule has 1 unspecified atom stereocenters. The smallest absolute Gasteiger partial charge is 0.316 e. The van der Waals surface area contributed by atoms with Crippen molar-refractivity contribution in [3.8, 4) is 0 Å². The first kappa shape index (κ1) is 17.5. The molecule has 1 aromatic carbocycles. The highest BCUT2D eigenvalue weighted by Gasteiger charge is 2.33. The van der Waals surface area contributed by atoms with Crippen LogP contribution in [0.5, 0.6) is 0 Å². The fourth-order valence-corrected chi connectivity index (χ4v) is 3.36. The summed E-state index contributed by atoms with van der Waals surface area (Å²) < 4.78 is 9.38. The maximum atomic E-state index is 12.7. The number of esters is 1. The van der Waals surface area contributed by atoms with Crippen LogP contribution in [-0.4, -0.2) is 10.5 Å². The monoisotopic (exact) mass is 334 g/mol. The lowest BCUT2D eigenvalue weighted by molar-refractivity contribution is -0.671. The number of rotatable bonds is 5. The van der Waals surface area contributed by atoms with Crippen LogP contribution in [0.15, 0.2) is 49.1 Å². The van der Waals surface area contributed by atoms with E-state index in [1.54, 1.807) is 0 Å². The topological polar surface area (TPSA) is 35.1 Å². The van der Waals surface area contributed by atoms with Crippen LogP contribution >= 0.6 is 0 Å². The van der Waals surface area contributed by atoms with Gasteiger partial charge in [-0.25, -0.2) is 9.13 Å². The van der Waals surface area contributed by atoms with E-state index in [1.165, 1.54) is 12.8 Å². The third-order valence-electron chi connectivity index (χ3n) is 4.46. The van der Waals surface area contributed by atoms with Gasteiger partial charge >= 0.3 is 5.97 Å². The Hall–Kier alpha value is -1.81. The molecule has 0 spiro atoms.